The van der Waals surface area contributed by atoms with Crippen molar-refractivity contribution >= 4 is 6.21 Å². The van der Waals surface area contributed by atoms with E-state index in [2.05, 4.69) is 10.5 Å². The van der Waals surface area contributed by atoms with Crippen molar-refractivity contribution in [3.63, 3.8) is 0 Å². The van der Waals surface area contributed by atoms with Gasteiger partial charge in [0.05, 0.1) is 19.4 Å². The Morgan fingerprint density at radius 3 is 2.75 bits per heavy atom. The van der Waals surface area contributed by atoms with Crippen LogP contribution in [0.2, 0.25) is 0 Å². The van der Waals surface area contributed by atoms with Gasteiger partial charge in [-0.3, -0.25) is 0 Å². The first-order chi connectivity index (χ1) is 5.93. The molecule has 0 aromatic heterocycles. The van der Waals surface area contributed by atoms with Crippen LogP contribution >= 0.6 is 0 Å². The zero-order valence-corrected chi connectivity index (χ0v) is 6.77. The predicted molar refractivity (Wildman–Crippen MR) is 49.1 cm³/mol. The molecule has 0 saturated carbocycles. The number of nitrogens with one attached hydrogen (secondary N) is 1. The first-order valence-corrected chi connectivity index (χ1v) is 3.85. The van der Waals surface area contributed by atoms with E-state index in [4.69, 9.17) is 5.11 Å². The maximum absolute atomic E-state index is 8.43. The molecule has 3 heteroatoms. The van der Waals surface area contributed by atoms with Gasteiger partial charge >= 0.3 is 0 Å². The molecule has 12 heavy (non-hydrogen) atoms. The highest BCUT2D eigenvalue weighted by molar-refractivity contribution is 5.79. The fourth-order valence-corrected chi connectivity index (χ4v) is 0.774. The Hall–Kier alpha value is -1.35. The van der Waals surface area contributed by atoms with Crippen LogP contribution in [0.4, 0.5) is 0 Å². The van der Waals surface area contributed by atoms with Crippen molar-refractivity contribution in [3.05, 3.63) is 35.9 Å². The van der Waals surface area contributed by atoms with Crippen LogP contribution in [0, 0.1) is 0 Å². The lowest BCUT2D eigenvalue weighted by Crippen LogP contribution is -2.11. The molecule has 1 aromatic rings. The van der Waals surface area contributed by atoms with Crippen molar-refractivity contribution in [2.24, 2.45) is 5.10 Å². The molecular formula is C9H12N2O. The van der Waals surface area contributed by atoms with Crippen molar-refractivity contribution < 1.29 is 5.11 Å². The summed E-state index contributed by atoms with van der Waals surface area (Å²) in [6.07, 6.45) is 1.72. The van der Waals surface area contributed by atoms with Crippen LogP contribution in [-0.2, 0) is 0 Å². The van der Waals surface area contributed by atoms with Gasteiger partial charge in [0.25, 0.3) is 0 Å². The number of rotatable bonds is 4. The van der Waals surface area contributed by atoms with Gasteiger partial charge in [0.1, 0.15) is 0 Å². The minimum atomic E-state index is 0.103. The predicted octanol–water partition coefficient (Wildman–Crippen LogP) is 0.602. The average molecular weight is 164 g/mol. The molecule has 2 N–H and O–H groups in total. The van der Waals surface area contributed by atoms with Crippen molar-refractivity contribution in [3.8, 4) is 0 Å². The standard InChI is InChI=1S/C9H12N2O/c12-7-6-10-11-8-9-4-2-1-3-5-9/h1-5,8,10,12H,6-7H2/b11-8+. The van der Waals surface area contributed by atoms with Crippen LogP contribution < -0.4 is 5.43 Å². The Morgan fingerprint density at radius 2 is 2.08 bits per heavy atom. The van der Waals surface area contributed by atoms with Gasteiger partial charge in [0.2, 0.25) is 0 Å². The molecule has 0 amide bonds. The minimum Gasteiger partial charge on any atom is -0.394 e. The quantitative estimate of drug-likeness (QED) is 0.389. The molecule has 0 spiro atoms. The summed E-state index contributed by atoms with van der Waals surface area (Å²) < 4.78 is 0. The zero-order chi connectivity index (χ0) is 8.65. The van der Waals surface area contributed by atoms with Crippen LogP contribution in [0.25, 0.3) is 0 Å². The summed E-state index contributed by atoms with van der Waals surface area (Å²) in [5.41, 5.74) is 3.75. The maximum atomic E-state index is 8.43. The summed E-state index contributed by atoms with van der Waals surface area (Å²) in [7, 11) is 0. The third-order valence-electron chi connectivity index (χ3n) is 1.33. The Bertz CT molecular complexity index is 234. The molecular weight excluding hydrogens is 152 g/mol. The Kier molecular flexibility index (Phi) is 3.88. The van der Waals surface area contributed by atoms with Gasteiger partial charge in [-0.05, 0) is 5.56 Å². The fourth-order valence-electron chi connectivity index (χ4n) is 0.774. The molecule has 0 unspecified atom stereocenters. The summed E-state index contributed by atoms with van der Waals surface area (Å²) in [5.74, 6) is 0. The summed E-state index contributed by atoms with van der Waals surface area (Å²) >= 11 is 0. The largest absolute Gasteiger partial charge is 0.394 e. The second-order valence-electron chi connectivity index (χ2n) is 2.30. The molecule has 0 aliphatic carbocycles. The van der Waals surface area contributed by atoms with Gasteiger partial charge in [-0.25, -0.2) is 0 Å². The zero-order valence-electron chi connectivity index (χ0n) is 6.77. The SMILES string of the molecule is OCCN/N=C/c1ccccc1. The first kappa shape index (κ1) is 8.74. The lowest BCUT2D eigenvalue weighted by Gasteiger charge is -1.94. The second kappa shape index (κ2) is 5.32. The van der Waals surface area contributed by atoms with E-state index >= 15 is 0 Å². The number of aliphatic hydroxyl groups excluding tert-OH is 1. The van der Waals surface area contributed by atoms with Crippen LogP contribution in [0.3, 0.4) is 0 Å². The van der Waals surface area contributed by atoms with Gasteiger partial charge < -0.3 is 10.5 Å². The Labute approximate surface area is 71.7 Å². The number of aliphatic hydroxyl groups is 1. The molecule has 0 radical (unpaired) electrons. The monoisotopic (exact) mass is 164 g/mol. The van der Waals surface area contributed by atoms with Crippen LogP contribution in [-0.4, -0.2) is 24.5 Å². The fraction of sp³-hybridized carbons (Fsp3) is 0.222. The van der Waals surface area contributed by atoms with Crippen molar-refractivity contribution in [2.75, 3.05) is 13.2 Å². The summed E-state index contributed by atoms with van der Waals surface area (Å²) in [5, 5.41) is 12.3. The molecule has 0 fully saturated rings. The number of hydrogen-bond donors (Lipinski definition) is 2. The van der Waals surface area contributed by atoms with E-state index in [-0.39, 0.29) is 6.61 Å². The smallest absolute Gasteiger partial charge is 0.0620 e. The van der Waals surface area contributed by atoms with Gasteiger partial charge in [0.15, 0.2) is 0 Å². The first-order valence-electron chi connectivity index (χ1n) is 3.85. The Morgan fingerprint density at radius 1 is 1.33 bits per heavy atom. The molecule has 3 nitrogen and oxygen atoms in total. The number of hydrazone groups is 1. The van der Waals surface area contributed by atoms with E-state index in [1.165, 1.54) is 0 Å². The van der Waals surface area contributed by atoms with Crippen molar-refractivity contribution in [1.29, 1.82) is 0 Å². The van der Waals surface area contributed by atoms with Crippen LogP contribution in [0.15, 0.2) is 35.4 Å². The summed E-state index contributed by atoms with van der Waals surface area (Å²) in [4.78, 5) is 0. The summed E-state index contributed by atoms with van der Waals surface area (Å²) in [6, 6.07) is 9.79. The normalized spacial score (nSPS) is 10.4. The second-order valence-corrected chi connectivity index (χ2v) is 2.30. The number of benzene rings is 1. The van der Waals surface area contributed by atoms with E-state index in [9.17, 15) is 0 Å². The van der Waals surface area contributed by atoms with Gasteiger partial charge in [-0.1, -0.05) is 30.3 Å². The van der Waals surface area contributed by atoms with E-state index in [1.54, 1.807) is 6.21 Å². The van der Waals surface area contributed by atoms with Crippen molar-refractivity contribution in [1.82, 2.24) is 5.43 Å². The molecule has 64 valence electrons. The third-order valence-corrected chi connectivity index (χ3v) is 1.33. The molecule has 0 atom stereocenters. The van der Waals surface area contributed by atoms with Gasteiger partial charge in [-0.15, -0.1) is 0 Å². The molecule has 1 aromatic carbocycles. The molecule has 0 aliphatic rings. The Balaban J connectivity index is 2.36. The van der Waals surface area contributed by atoms with Crippen LogP contribution in [0.5, 0.6) is 0 Å². The molecule has 0 heterocycles. The molecule has 0 saturated heterocycles. The number of hydrogen-bond acceptors (Lipinski definition) is 3. The maximum Gasteiger partial charge on any atom is 0.0620 e. The van der Waals surface area contributed by atoms with E-state index in [0.717, 1.165) is 5.56 Å². The highest BCUT2D eigenvalue weighted by atomic mass is 16.3. The topological polar surface area (TPSA) is 44.6 Å². The van der Waals surface area contributed by atoms with Crippen molar-refractivity contribution in [2.45, 2.75) is 0 Å². The van der Waals surface area contributed by atoms with Gasteiger partial charge in [0, 0.05) is 0 Å². The lowest BCUT2D eigenvalue weighted by atomic mass is 10.2. The highest BCUT2D eigenvalue weighted by Crippen LogP contribution is 1.92. The average Bonchev–Trinajstić information content (AvgIpc) is 2.14. The van der Waals surface area contributed by atoms with E-state index in [1.807, 2.05) is 30.3 Å². The summed E-state index contributed by atoms with van der Waals surface area (Å²) in [6.45, 7) is 0.593. The number of nitrogens with zero attached hydrogens (tertiary/aromatic N) is 1. The van der Waals surface area contributed by atoms with E-state index in [0.29, 0.717) is 6.54 Å². The third kappa shape index (κ3) is 3.16. The minimum absolute atomic E-state index is 0.103. The van der Waals surface area contributed by atoms with Gasteiger partial charge in [-0.2, -0.15) is 5.10 Å². The van der Waals surface area contributed by atoms with Crippen LogP contribution in [0.1, 0.15) is 5.56 Å². The molecule has 0 aliphatic heterocycles. The lowest BCUT2D eigenvalue weighted by molar-refractivity contribution is 0.294. The molecule has 0 bridgehead atoms. The highest BCUT2D eigenvalue weighted by Gasteiger charge is 1.81. The van der Waals surface area contributed by atoms with E-state index < -0.39 is 0 Å². The molecule has 1 rings (SSSR count).